The van der Waals surface area contributed by atoms with Gasteiger partial charge in [-0.15, -0.1) is 0 Å². The Labute approximate surface area is 95.0 Å². The molecule has 88 valence electrons. The van der Waals surface area contributed by atoms with Crippen LogP contribution in [0.25, 0.3) is 0 Å². The molecule has 0 radical (unpaired) electrons. The number of rotatable bonds is 3. The van der Waals surface area contributed by atoms with Crippen LogP contribution < -0.4 is 0 Å². The Hall–Kier alpha value is -1.36. The van der Waals surface area contributed by atoms with Crippen molar-refractivity contribution < 1.29 is 9.21 Å². The molecule has 0 aromatic carbocycles. The predicted octanol–water partition coefficient (Wildman–Crippen LogP) is 0.729. The van der Waals surface area contributed by atoms with Gasteiger partial charge in [0.25, 0.3) is 0 Å². The summed E-state index contributed by atoms with van der Waals surface area (Å²) in [5.41, 5.74) is 0. The lowest BCUT2D eigenvalue weighted by Gasteiger charge is -2.33. The average molecular weight is 223 g/mol. The van der Waals surface area contributed by atoms with E-state index in [2.05, 4.69) is 9.88 Å². The van der Waals surface area contributed by atoms with Crippen LogP contribution in [-0.4, -0.2) is 46.9 Å². The van der Waals surface area contributed by atoms with Crippen LogP contribution in [0.15, 0.2) is 16.9 Å². The van der Waals surface area contributed by atoms with Gasteiger partial charge < -0.3 is 9.32 Å². The van der Waals surface area contributed by atoms with Gasteiger partial charge >= 0.3 is 0 Å². The van der Waals surface area contributed by atoms with Crippen molar-refractivity contribution in [3.05, 3.63) is 18.4 Å². The summed E-state index contributed by atoms with van der Waals surface area (Å²) >= 11 is 0. The van der Waals surface area contributed by atoms with Gasteiger partial charge in [-0.2, -0.15) is 0 Å². The highest BCUT2D eigenvalue weighted by Gasteiger charge is 2.20. The molecule has 1 saturated heterocycles. The first-order valence-electron chi connectivity index (χ1n) is 5.68. The molecule has 0 unspecified atom stereocenters. The first kappa shape index (κ1) is 11.1. The molecule has 0 N–H and O–H groups in total. The largest absolute Gasteiger partial charge is 0.448 e. The van der Waals surface area contributed by atoms with Gasteiger partial charge in [-0.1, -0.05) is 6.92 Å². The first-order chi connectivity index (χ1) is 7.79. The lowest BCUT2D eigenvalue weighted by atomic mass is 10.3. The molecular weight excluding hydrogens is 206 g/mol. The number of carbonyl (C=O) groups excluding carboxylic acids is 1. The summed E-state index contributed by atoms with van der Waals surface area (Å²) in [6.07, 6.45) is 3.85. The van der Waals surface area contributed by atoms with Crippen LogP contribution in [0.1, 0.15) is 19.2 Å². The summed E-state index contributed by atoms with van der Waals surface area (Å²) in [4.78, 5) is 19.7. The normalized spacial score (nSPS) is 17.7. The maximum Gasteiger partial charge on any atom is 0.222 e. The smallest absolute Gasteiger partial charge is 0.222 e. The zero-order valence-corrected chi connectivity index (χ0v) is 9.56. The Morgan fingerprint density at radius 2 is 2.19 bits per heavy atom. The van der Waals surface area contributed by atoms with Gasteiger partial charge in [0, 0.05) is 32.6 Å². The number of oxazole rings is 1. The molecule has 1 aliphatic heterocycles. The van der Waals surface area contributed by atoms with Crippen molar-refractivity contribution in [2.24, 2.45) is 0 Å². The van der Waals surface area contributed by atoms with E-state index in [1.165, 1.54) is 0 Å². The minimum absolute atomic E-state index is 0.246. The zero-order chi connectivity index (χ0) is 11.4. The van der Waals surface area contributed by atoms with Gasteiger partial charge in [-0.05, 0) is 0 Å². The highest BCUT2D eigenvalue weighted by atomic mass is 16.3. The van der Waals surface area contributed by atoms with Crippen molar-refractivity contribution in [3.8, 4) is 0 Å². The Kier molecular flexibility index (Phi) is 3.56. The molecule has 16 heavy (non-hydrogen) atoms. The van der Waals surface area contributed by atoms with Crippen molar-refractivity contribution in [3.63, 3.8) is 0 Å². The van der Waals surface area contributed by atoms with Crippen LogP contribution in [0.2, 0.25) is 0 Å². The maximum absolute atomic E-state index is 11.5. The molecule has 0 aliphatic carbocycles. The second kappa shape index (κ2) is 5.12. The second-order valence-corrected chi connectivity index (χ2v) is 3.94. The summed E-state index contributed by atoms with van der Waals surface area (Å²) in [6.45, 7) is 6.06. The fourth-order valence-electron chi connectivity index (χ4n) is 1.90. The molecule has 1 aliphatic rings. The number of aromatic nitrogens is 1. The molecule has 5 heteroatoms. The maximum atomic E-state index is 11.5. The zero-order valence-electron chi connectivity index (χ0n) is 9.56. The second-order valence-electron chi connectivity index (χ2n) is 3.94. The Bertz CT molecular complexity index is 329. The van der Waals surface area contributed by atoms with E-state index in [-0.39, 0.29) is 5.91 Å². The fourth-order valence-corrected chi connectivity index (χ4v) is 1.90. The van der Waals surface area contributed by atoms with E-state index < -0.39 is 0 Å². The van der Waals surface area contributed by atoms with Gasteiger partial charge in [0.05, 0.1) is 12.7 Å². The fraction of sp³-hybridized carbons (Fsp3) is 0.636. The van der Waals surface area contributed by atoms with Crippen LogP contribution in [0.3, 0.4) is 0 Å². The molecule has 1 aromatic rings. The minimum atomic E-state index is 0.246. The van der Waals surface area contributed by atoms with Crippen LogP contribution >= 0.6 is 0 Å². The van der Waals surface area contributed by atoms with Crippen molar-refractivity contribution >= 4 is 5.91 Å². The van der Waals surface area contributed by atoms with E-state index in [0.717, 1.165) is 38.6 Å². The first-order valence-corrected chi connectivity index (χ1v) is 5.68. The summed E-state index contributed by atoms with van der Waals surface area (Å²) in [6, 6.07) is 0. The van der Waals surface area contributed by atoms with Gasteiger partial charge in [-0.3, -0.25) is 9.69 Å². The molecule has 2 heterocycles. The van der Waals surface area contributed by atoms with E-state index >= 15 is 0 Å². The van der Waals surface area contributed by atoms with Crippen molar-refractivity contribution in [1.29, 1.82) is 0 Å². The SMILES string of the molecule is CCC(=O)N1CCN(Cc2ncco2)CC1. The van der Waals surface area contributed by atoms with Crippen LogP contribution in [0.4, 0.5) is 0 Å². The van der Waals surface area contributed by atoms with Gasteiger partial charge in [0.1, 0.15) is 6.26 Å². The average Bonchev–Trinajstić information content (AvgIpc) is 2.82. The van der Waals surface area contributed by atoms with Gasteiger partial charge in [-0.25, -0.2) is 4.98 Å². The molecular formula is C11H17N3O2. The Morgan fingerprint density at radius 3 is 2.75 bits per heavy atom. The lowest BCUT2D eigenvalue weighted by molar-refractivity contribution is -0.132. The standard InChI is InChI=1S/C11H17N3O2/c1-2-11(15)14-6-4-13(5-7-14)9-10-12-3-8-16-10/h3,8H,2,4-7,9H2,1H3. The van der Waals surface area contributed by atoms with Crippen LogP contribution in [0.5, 0.6) is 0 Å². The van der Waals surface area contributed by atoms with Gasteiger partial charge in [0.2, 0.25) is 11.8 Å². The van der Waals surface area contributed by atoms with Crippen molar-refractivity contribution in [2.75, 3.05) is 26.2 Å². The quantitative estimate of drug-likeness (QED) is 0.758. The third kappa shape index (κ3) is 2.61. The summed E-state index contributed by atoms with van der Waals surface area (Å²) in [7, 11) is 0. The molecule has 1 fully saturated rings. The van der Waals surface area contributed by atoms with Crippen molar-refractivity contribution in [1.82, 2.24) is 14.8 Å². The third-order valence-corrected chi connectivity index (χ3v) is 2.87. The highest BCUT2D eigenvalue weighted by Crippen LogP contribution is 2.07. The van der Waals surface area contributed by atoms with Crippen molar-refractivity contribution in [2.45, 2.75) is 19.9 Å². The number of piperazine rings is 1. The molecule has 0 saturated carbocycles. The molecule has 0 atom stereocenters. The van der Waals surface area contributed by atoms with E-state index in [4.69, 9.17) is 4.42 Å². The van der Waals surface area contributed by atoms with Crippen LogP contribution in [-0.2, 0) is 11.3 Å². The predicted molar refractivity (Wildman–Crippen MR) is 58.7 cm³/mol. The van der Waals surface area contributed by atoms with E-state index in [1.807, 2.05) is 11.8 Å². The molecule has 0 spiro atoms. The minimum Gasteiger partial charge on any atom is -0.448 e. The lowest BCUT2D eigenvalue weighted by Crippen LogP contribution is -2.48. The third-order valence-electron chi connectivity index (χ3n) is 2.87. The number of hydrogen-bond acceptors (Lipinski definition) is 4. The number of nitrogens with zero attached hydrogens (tertiary/aromatic N) is 3. The summed E-state index contributed by atoms with van der Waals surface area (Å²) in [5.74, 6) is 0.992. The van der Waals surface area contributed by atoms with Gasteiger partial charge in [0.15, 0.2) is 0 Å². The van der Waals surface area contributed by atoms with Crippen LogP contribution in [0, 0.1) is 0 Å². The Balaban J connectivity index is 1.79. The summed E-state index contributed by atoms with van der Waals surface area (Å²) < 4.78 is 5.20. The van der Waals surface area contributed by atoms with E-state index in [1.54, 1.807) is 12.5 Å². The number of amides is 1. The highest BCUT2D eigenvalue weighted by molar-refractivity contribution is 5.75. The number of carbonyl (C=O) groups is 1. The monoisotopic (exact) mass is 223 g/mol. The summed E-state index contributed by atoms with van der Waals surface area (Å²) in [5, 5.41) is 0. The molecule has 5 nitrogen and oxygen atoms in total. The number of hydrogen-bond donors (Lipinski definition) is 0. The molecule has 1 amide bonds. The molecule has 0 bridgehead atoms. The van der Waals surface area contributed by atoms with E-state index in [0.29, 0.717) is 6.42 Å². The van der Waals surface area contributed by atoms with E-state index in [9.17, 15) is 4.79 Å². The molecule has 2 rings (SSSR count). The Morgan fingerprint density at radius 1 is 1.44 bits per heavy atom. The topological polar surface area (TPSA) is 49.6 Å². The molecule has 1 aromatic heterocycles.